The molecule has 0 spiro atoms. The first kappa shape index (κ1) is 16.5. The summed E-state index contributed by atoms with van der Waals surface area (Å²) in [6, 6.07) is 2.51. The molecule has 0 saturated heterocycles. The maximum absolute atomic E-state index is 9.16. The Kier molecular flexibility index (Phi) is 9.86. The summed E-state index contributed by atoms with van der Waals surface area (Å²) >= 11 is 0. The van der Waals surface area contributed by atoms with Crippen molar-refractivity contribution in [3.05, 3.63) is 0 Å². The number of nitriles is 1. The van der Waals surface area contributed by atoms with Crippen molar-refractivity contribution in [3.63, 3.8) is 0 Å². The van der Waals surface area contributed by atoms with E-state index >= 15 is 0 Å². The van der Waals surface area contributed by atoms with Gasteiger partial charge < -0.3 is 0 Å². The highest BCUT2D eigenvalue weighted by atomic mass is 14.3. The van der Waals surface area contributed by atoms with E-state index in [9.17, 15) is 0 Å². The third-order valence-electron chi connectivity index (χ3n) is 4.84. The van der Waals surface area contributed by atoms with E-state index in [0.29, 0.717) is 5.92 Å². The van der Waals surface area contributed by atoms with Crippen molar-refractivity contribution in [3.8, 4) is 6.07 Å². The highest BCUT2D eigenvalue weighted by Crippen LogP contribution is 2.23. The third kappa shape index (κ3) is 8.30. The van der Waals surface area contributed by atoms with Crippen LogP contribution in [0.4, 0.5) is 0 Å². The summed E-state index contributed by atoms with van der Waals surface area (Å²) in [6.45, 7) is 2.36. The zero-order valence-corrected chi connectivity index (χ0v) is 13.0. The average molecular weight is 263 g/mol. The molecule has 0 aromatic rings. The lowest BCUT2D eigenvalue weighted by Crippen LogP contribution is -1.99. The molecule has 1 saturated carbocycles. The molecular weight excluding hydrogens is 230 g/mol. The lowest BCUT2D eigenvalue weighted by molar-refractivity contribution is 0.394. The van der Waals surface area contributed by atoms with Crippen LogP contribution < -0.4 is 0 Å². The Balaban J connectivity index is 2.30. The molecule has 0 N–H and O–H groups in total. The van der Waals surface area contributed by atoms with Crippen LogP contribution in [0.2, 0.25) is 0 Å². The fourth-order valence-corrected chi connectivity index (χ4v) is 3.36. The molecule has 110 valence electrons. The van der Waals surface area contributed by atoms with Gasteiger partial charge in [0, 0.05) is 5.92 Å². The minimum absolute atomic E-state index is 0.341. The van der Waals surface area contributed by atoms with Crippen LogP contribution in [0, 0.1) is 23.2 Å². The van der Waals surface area contributed by atoms with E-state index in [1.165, 1.54) is 77.0 Å². The van der Waals surface area contributed by atoms with Gasteiger partial charge in [0.2, 0.25) is 0 Å². The standard InChI is InChI=1S/C18H33N/c1-2-17-12-8-4-3-5-10-14-18(16-19)15-11-7-6-9-13-17/h17-18H,2-15H2,1H3. The topological polar surface area (TPSA) is 23.8 Å². The van der Waals surface area contributed by atoms with Gasteiger partial charge in [-0.15, -0.1) is 0 Å². The third-order valence-corrected chi connectivity index (χ3v) is 4.84. The van der Waals surface area contributed by atoms with Crippen LogP contribution in [0.1, 0.15) is 96.8 Å². The van der Waals surface area contributed by atoms with Gasteiger partial charge >= 0.3 is 0 Å². The summed E-state index contributed by atoms with van der Waals surface area (Å²) in [6.07, 6.45) is 18.8. The van der Waals surface area contributed by atoms with Crippen LogP contribution in [0.15, 0.2) is 0 Å². The number of nitrogens with zero attached hydrogens (tertiary/aromatic N) is 1. The SMILES string of the molecule is CCC1CCCCCCCC(C#N)CCCCCC1. The highest BCUT2D eigenvalue weighted by molar-refractivity contribution is 4.82. The molecule has 1 aliphatic carbocycles. The first-order valence-electron chi connectivity index (χ1n) is 8.76. The molecule has 1 nitrogen and oxygen atoms in total. The van der Waals surface area contributed by atoms with Crippen LogP contribution >= 0.6 is 0 Å². The van der Waals surface area contributed by atoms with Crippen molar-refractivity contribution in [2.24, 2.45) is 11.8 Å². The number of hydrogen-bond acceptors (Lipinski definition) is 1. The maximum atomic E-state index is 9.16. The molecule has 0 amide bonds. The molecule has 1 fully saturated rings. The molecule has 0 radical (unpaired) electrons. The fraction of sp³-hybridized carbons (Fsp3) is 0.944. The molecule has 0 aliphatic heterocycles. The van der Waals surface area contributed by atoms with Gasteiger partial charge in [-0.25, -0.2) is 0 Å². The lowest BCUT2D eigenvalue weighted by Gasteiger charge is -2.14. The molecule has 0 aromatic heterocycles. The van der Waals surface area contributed by atoms with Gasteiger partial charge in [-0.05, 0) is 18.8 Å². The summed E-state index contributed by atoms with van der Waals surface area (Å²) in [7, 11) is 0. The summed E-state index contributed by atoms with van der Waals surface area (Å²) in [5, 5.41) is 9.16. The summed E-state index contributed by atoms with van der Waals surface area (Å²) in [5.74, 6) is 1.32. The van der Waals surface area contributed by atoms with E-state index in [1.807, 2.05) is 0 Å². The predicted octanol–water partition coefficient (Wildman–Crippen LogP) is 6.24. The normalized spacial score (nSPS) is 28.8. The molecule has 1 heteroatoms. The molecule has 0 aromatic carbocycles. The van der Waals surface area contributed by atoms with Crippen molar-refractivity contribution in [1.29, 1.82) is 5.26 Å². The Labute approximate surface area is 120 Å². The first-order valence-corrected chi connectivity index (χ1v) is 8.76. The van der Waals surface area contributed by atoms with E-state index in [4.69, 9.17) is 5.26 Å². The quantitative estimate of drug-likeness (QED) is 0.549. The van der Waals surface area contributed by atoms with Crippen molar-refractivity contribution in [2.45, 2.75) is 96.8 Å². The highest BCUT2D eigenvalue weighted by Gasteiger charge is 2.09. The van der Waals surface area contributed by atoms with Gasteiger partial charge in [-0.2, -0.15) is 5.26 Å². The van der Waals surface area contributed by atoms with E-state index in [0.717, 1.165) is 18.8 Å². The number of rotatable bonds is 1. The van der Waals surface area contributed by atoms with Gasteiger partial charge in [0.25, 0.3) is 0 Å². The van der Waals surface area contributed by atoms with Crippen LogP contribution in [-0.2, 0) is 0 Å². The summed E-state index contributed by atoms with van der Waals surface area (Å²) < 4.78 is 0. The molecule has 1 rings (SSSR count). The second-order valence-electron chi connectivity index (χ2n) is 6.44. The average Bonchev–Trinajstić information content (AvgIpc) is 2.45. The maximum Gasteiger partial charge on any atom is 0.0655 e. The van der Waals surface area contributed by atoms with Crippen molar-refractivity contribution in [2.75, 3.05) is 0 Å². The largest absolute Gasteiger partial charge is 0.198 e. The van der Waals surface area contributed by atoms with Crippen molar-refractivity contribution >= 4 is 0 Å². The first-order chi connectivity index (χ1) is 9.36. The molecule has 0 heterocycles. The van der Waals surface area contributed by atoms with Gasteiger partial charge in [0.1, 0.15) is 0 Å². The zero-order valence-electron chi connectivity index (χ0n) is 13.0. The Morgan fingerprint density at radius 1 is 0.737 bits per heavy atom. The number of hydrogen-bond donors (Lipinski definition) is 0. The van der Waals surface area contributed by atoms with Gasteiger partial charge in [0.05, 0.1) is 6.07 Å². The Hall–Kier alpha value is -0.510. The fourth-order valence-electron chi connectivity index (χ4n) is 3.36. The second kappa shape index (κ2) is 11.3. The molecule has 19 heavy (non-hydrogen) atoms. The van der Waals surface area contributed by atoms with Gasteiger partial charge in [-0.1, -0.05) is 84.0 Å². The second-order valence-corrected chi connectivity index (χ2v) is 6.44. The predicted molar refractivity (Wildman–Crippen MR) is 82.9 cm³/mol. The van der Waals surface area contributed by atoms with Crippen LogP contribution in [0.3, 0.4) is 0 Å². The minimum atomic E-state index is 0.341. The minimum Gasteiger partial charge on any atom is -0.198 e. The lowest BCUT2D eigenvalue weighted by atomic mass is 9.92. The Morgan fingerprint density at radius 2 is 1.16 bits per heavy atom. The van der Waals surface area contributed by atoms with Crippen molar-refractivity contribution < 1.29 is 0 Å². The Bertz CT molecular complexity index is 241. The van der Waals surface area contributed by atoms with E-state index < -0.39 is 0 Å². The summed E-state index contributed by atoms with van der Waals surface area (Å²) in [4.78, 5) is 0. The molecule has 2 atom stereocenters. The molecule has 2 unspecified atom stereocenters. The van der Waals surface area contributed by atoms with Crippen molar-refractivity contribution in [1.82, 2.24) is 0 Å². The van der Waals surface area contributed by atoms with Crippen LogP contribution in [0.5, 0.6) is 0 Å². The van der Waals surface area contributed by atoms with E-state index in [2.05, 4.69) is 13.0 Å². The Morgan fingerprint density at radius 3 is 1.58 bits per heavy atom. The van der Waals surface area contributed by atoms with E-state index in [-0.39, 0.29) is 0 Å². The monoisotopic (exact) mass is 263 g/mol. The molecular formula is C18H33N. The zero-order chi connectivity index (χ0) is 13.8. The molecule has 0 bridgehead atoms. The van der Waals surface area contributed by atoms with Crippen LogP contribution in [-0.4, -0.2) is 0 Å². The summed E-state index contributed by atoms with van der Waals surface area (Å²) in [5.41, 5.74) is 0. The van der Waals surface area contributed by atoms with Gasteiger partial charge in [-0.3, -0.25) is 0 Å². The smallest absolute Gasteiger partial charge is 0.0655 e. The van der Waals surface area contributed by atoms with Gasteiger partial charge in [0.15, 0.2) is 0 Å². The van der Waals surface area contributed by atoms with Crippen LogP contribution in [0.25, 0.3) is 0 Å². The van der Waals surface area contributed by atoms with E-state index in [1.54, 1.807) is 0 Å². The molecule has 1 aliphatic rings.